The van der Waals surface area contributed by atoms with Crippen LogP contribution in [0.3, 0.4) is 0 Å². The lowest BCUT2D eigenvalue weighted by molar-refractivity contribution is 0.480. The van der Waals surface area contributed by atoms with Gasteiger partial charge in [0.05, 0.1) is 9.79 Å². The van der Waals surface area contributed by atoms with E-state index in [0.29, 0.717) is 5.39 Å². The van der Waals surface area contributed by atoms with Crippen LogP contribution in [-0.2, 0) is 19.9 Å². The molecule has 0 unspecified atom stereocenters. The van der Waals surface area contributed by atoms with Gasteiger partial charge in [0, 0.05) is 11.6 Å². The molecule has 0 fully saturated rings. The van der Waals surface area contributed by atoms with Crippen molar-refractivity contribution in [2.75, 3.05) is 11.0 Å². The number of para-hydroxylation sites is 1. The van der Waals surface area contributed by atoms with Gasteiger partial charge in [-0.3, -0.25) is 4.72 Å². The minimum absolute atomic E-state index is 0.0280. The molecule has 0 spiro atoms. The molecule has 0 atom stereocenters. The van der Waals surface area contributed by atoms with Crippen molar-refractivity contribution >= 4 is 36.6 Å². The summed E-state index contributed by atoms with van der Waals surface area (Å²) in [5, 5.41) is 10.5. The Bertz CT molecular complexity index is 1150. The summed E-state index contributed by atoms with van der Waals surface area (Å²) in [6.45, 7) is 0. The largest absolute Gasteiger partial charge is 0.506 e. The fourth-order valence-corrected chi connectivity index (χ4v) is 3.88. The van der Waals surface area contributed by atoms with Gasteiger partial charge >= 0.3 is 0 Å². The van der Waals surface area contributed by atoms with E-state index in [4.69, 9.17) is 0 Å². The highest BCUT2D eigenvalue weighted by Gasteiger charge is 2.17. The summed E-state index contributed by atoms with van der Waals surface area (Å²) in [6.07, 6.45) is 1.04. The molecule has 7 nitrogen and oxygen atoms in total. The Labute approximate surface area is 144 Å². The number of nitrogens with one attached hydrogen (secondary N) is 1. The van der Waals surface area contributed by atoms with E-state index >= 15 is 0 Å². The number of aromatic nitrogens is 1. The number of nitrogens with zero attached hydrogens (tertiary/aromatic N) is 1. The molecule has 0 radical (unpaired) electrons. The van der Waals surface area contributed by atoms with E-state index in [9.17, 15) is 21.9 Å². The first-order valence-electron chi connectivity index (χ1n) is 7.08. The Morgan fingerprint density at radius 3 is 2.16 bits per heavy atom. The quantitative estimate of drug-likeness (QED) is 0.719. The number of sulfone groups is 1. The van der Waals surface area contributed by atoms with Gasteiger partial charge in [-0.15, -0.1) is 0 Å². The number of hydrogen-bond acceptors (Lipinski definition) is 6. The second-order valence-corrected chi connectivity index (χ2v) is 9.09. The first-order valence-corrected chi connectivity index (χ1v) is 10.5. The van der Waals surface area contributed by atoms with Crippen LogP contribution in [0.5, 0.6) is 5.75 Å². The molecule has 1 aromatic heterocycles. The van der Waals surface area contributed by atoms with Crippen molar-refractivity contribution in [2.45, 2.75) is 9.79 Å². The third-order valence-corrected chi connectivity index (χ3v) is 6.00. The lowest BCUT2D eigenvalue weighted by Gasteiger charge is -2.09. The maximum Gasteiger partial charge on any atom is 0.263 e. The zero-order chi connectivity index (χ0) is 18.2. The fourth-order valence-electron chi connectivity index (χ4n) is 2.25. The molecule has 2 N–H and O–H groups in total. The molecule has 0 amide bonds. The molecule has 0 aliphatic heterocycles. The monoisotopic (exact) mass is 378 g/mol. The fraction of sp³-hybridized carbons (Fsp3) is 0.0625. The number of benzene rings is 2. The van der Waals surface area contributed by atoms with Gasteiger partial charge in [-0.05, 0) is 42.5 Å². The smallest absolute Gasteiger partial charge is 0.263 e. The van der Waals surface area contributed by atoms with Crippen LogP contribution >= 0.6 is 0 Å². The summed E-state index contributed by atoms with van der Waals surface area (Å²) in [7, 11) is -7.35. The van der Waals surface area contributed by atoms with Gasteiger partial charge in [-0.2, -0.15) is 0 Å². The van der Waals surface area contributed by atoms with E-state index in [0.717, 1.165) is 6.26 Å². The molecule has 2 aromatic carbocycles. The van der Waals surface area contributed by atoms with E-state index in [1.165, 1.54) is 36.4 Å². The van der Waals surface area contributed by atoms with Gasteiger partial charge in [-0.1, -0.05) is 12.1 Å². The molecule has 0 aliphatic rings. The molecule has 1 heterocycles. The van der Waals surface area contributed by atoms with Gasteiger partial charge in [0.1, 0.15) is 17.1 Å². The van der Waals surface area contributed by atoms with Crippen LogP contribution in [0.2, 0.25) is 0 Å². The Morgan fingerprint density at radius 1 is 0.880 bits per heavy atom. The van der Waals surface area contributed by atoms with E-state index in [1.807, 2.05) is 0 Å². The van der Waals surface area contributed by atoms with Crippen molar-refractivity contribution in [2.24, 2.45) is 0 Å². The molecule has 25 heavy (non-hydrogen) atoms. The van der Waals surface area contributed by atoms with Gasteiger partial charge in [0.15, 0.2) is 9.84 Å². The Hall–Kier alpha value is -2.65. The van der Waals surface area contributed by atoms with Crippen LogP contribution in [0.4, 0.5) is 5.82 Å². The summed E-state index contributed by atoms with van der Waals surface area (Å²) in [5.74, 6) is -0.0164. The van der Waals surface area contributed by atoms with Crippen LogP contribution in [0.15, 0.2) is 64.4 Å². The number of rotatable bonds is 4. The number of sulfonamides is 1. The standard InChI is InChI=1S/C16H14N2O5S2/c1-24(20,21)12-6-8-13(9-7-12)25(22,23)18-15-10-5-11-3-2-4-14(19)16(11)17-15/h2-10,19H,1H3,(H,17,18). The van der Waals surface area contributed by atoms with Crippen LogP contribution in [0.1, 0.15) is 0 Å². The van der Waals surface area contributed by atoms with Crippen LogP contribution in [0.25, 0.3) is 10.9 Å². The van der Waals surface area contributed by atoms with E-state index in [-0.39, 0.29) is 26.9 Å². The number of aromatic hydroxyl groups is 1. The molecule has 130 valence electrons. The Kier molecular flexibility index (Phi) is 4.13. The minimum atomic E-state index is -3.95. The third kappa shape index (κ3) is 3.57. The van der Waals surface area contributed by atoms with Gasteiger partial charge < -0.3 is 5.11 Å². The van der Waals surface area contributed by atoms with Crippen molar-refractivity contribution < 1.29 is 21.9 Å². The number of anilines is 1. The number of hydrogen-bond donors (Lipinski definition) is 2. The molecule has 3 rings (SSSR count). The third-order valence-electron chi connectivity index (χ3n) is 3.50. The molecule has 9 heteroatoms. The van der Waals surface area contributed by atoms with E-state index in [1.54, 1.807) is 18.2 Å². The second kappa shape index (κ2) is 6.01. The van der Waals surface area contributed by atoms with Crippen LogP contribution < -0.4 is 4.72 Å². The van der Waals surface area contributed by atoms with Crippen molar-refractivity contribution in [1.29, 1.82) is 0 Å². The van der Waals surface area contributed by atoms with Crippen molar-refractivity contribution in [1.82, 2.24) is 4.98 Å². The van der Waals surface area contributed by atoms with Gasteiger partial charge in [-0.25, -0.2) is 21.8 Å². The van der Waals surface area contributed by atoms with Crippen molar-refractivity contribution in [3.8, 4) is 5.75 Å². The average Bonchev–Trinajstić information content (AvgIpc) is 2.55. The predicted molar refractivity (Wildman–Crippen MR) is 93.8 cm³/mol. The molecule has 0 aliphatic carbocycles. The summed E-state index contributed by atoms with van der Waals surface area (Å²) in [6, 6.07) is 12.8. The van der Waals surface area contributed by atoms with E-state index in [2.05, 4.69) is 9.71 Å². The lowest BCUT2D eigenvalue weighted by Crippen LogP contribution is -2.14. The number of fused-ring (bicyclic) bond motifs is 1. The zero-order valence-electron chi connectivity index (χ0n) is 13.0. The average molecular weight is 378 g/mol. The lowest BCUT2D eigenvalue weighted by atomic mass is 10.2. The summed E-state index contributed by atoms with van der Waals surface area (Å²) < 4.78 is 50.0. The van der Waals surface area contributed by atoms with Crippen LogP contribution in [-0.4, -0.2) is 33.2 Å². The summed E-state index contributed by atoms with van der Waals surface area (Å²) in [5.41, 5.74) is 0.273. The molecular formula is C16H14N2O5S2. The van der Waals surface area contributed by atoms with E-state index < -0.39 is 19.9 Å². The summed E-state index contributed by atoms with van der Waals surface area (Å²) in [4.78, 5) is 4.04. The first-order chi connectivity index (χ1) is 11.7. The zero-order valence-corrected chi connectivity index (χ0v) is 14.7. The van der Waals surface area contributed by atoms with Gasteiger partial charge in [0.2, 0.25) is 0 Å². The topological polar surface area (TPSA) is 113 Å². The highest BCUT2D eigenvalue weighted by Crippen LogP contribution is 2.25. The highest BCUT2D eigenvalue weighted by molar-refractivity contribution is 7.92. The normalized spacial score (nSPS) is 12.2. The maximum atomic E-state index is 12.4. The Morgan fingerprint density at radius 2 is 1.52 bits per heavy atom. The van der Waals surface area contributed by atoms with Crippen LogP contribution in [0, 0.1) is 0 Å². The molecule has 3 aromatic rings. The number of phenols is 1. The summed E-state index contributed by atoms with van der Waals surface area (Å²) >= 11 is 0. The Balaban J connectivity index is 1.95. The first kappa shape index (κ1) is 17.2. The maximum absolute atomic E-state index is 12.4. The molecule has 0 saturated carbocycles. The molecule has 0 saturated heterocycles. The SMILES string of the molecule is CS(=O)(=O)c1ccc(S(=O)(=O)Nc2ccc3cccc(O)c3n2)cc1. The molecular weight excluding hydrogens is 364 g/mol. The minimum Gasteiger partial charge on any atom is -0.506 e. The number of pyridine rings is 1. The van der Waals surface area contributed by atoms with Gasteiger partial charge in [0.25, 0.3) is 10.0 Å². The highest BCUT2D eigenvalue weighted by atomic mass is 32.2. The van der Waals surface area contributed by atoms with Crippen molar-refractivity contribution in [3.05, 3.63) is 54.6 Å². The number of phenolic OH excluding ortho intramolecular Hbond substituents is 1. The molecule has 0 bridgehead atoms. The van der Waals surface area contributed by atoms with Crippen molar-refractivity contribution in [3.63, 3.8) is 0 Å². The predicted octanol–water partition coefficient (Wildman–Crippen LogP) is 2.14. The second-order valence-electron chi connectivity index (χ2n) is 5.39.